The van der Waals surface area contributed by atoms with Crippen molar-refractivity contribution in [2.45, 2.75) is 63.1 Å². The Morgan fingerprint density at radius 3 is 2.45 bits per heavy atom. The number of amides is 1. The minimum atomic E-state index is -1.22. The van der Waals surface area contributed by atoms with Crippen LogP contribution in [0.2, 0.25) is 5.02 Å². The van der Waals surface area contributed by atoms with E-state index in [1.807, 2.05) is 36.5 Å². The number of halogens is 1. The highest BCUT2D eigenvalue weighted by Gasteiger charge is 2.48. The largest absolute Gasteiger partial charge is 0.436 e. The summed E-state index contributed by atoms with van der Waals surface area (Å²) in [5.41, 5.74) is 0.278. The van der Waals surface area contributed by atoms with Crippen molar-refractivity contribution in [3.05, 3.63) is 88.6 Å². The van der Waals surface area contributed by atoms with Gasteiger partial charge in [-0.2, -0.15) is 0 Å². The molecule has 7 heteroatoms. The predicted molar refractivity (Wildman–Crippen MR) is 147 cm³/mol. The molecule has 2 N–H and O–H groups in total. The summed E-state index contributed by atoms with van der Waals surface area (Å²) < 4.78 is 7.30. The van der Waals surface area contributed by atoms with Gasteiger partial charge in [-0.15, -0.1) is 0 Å². The molecule has 3 aliphatic heterocycles. The van der Waals surface area contributed by atoms with Crippen LogP contribution in [-0.2, 0) is 12.1 Å². The number of piperidine rings is 3. The quantitative estimate of drug-likeness (QED) is 0.382. The molecule has 7 rings (SSSR count). The van der Waals surface area contributed by atoms with Crippen molar-refractivity contribution in [1.82, 2.24) is 10.3 Å². The van der Waals surface area contributed by atoms with E-state index in [0.717, 1.165) is 80.5 Å². The lowest BCUT2D eigenvalue weighted by atomic mass is 9.73. The average Bonchev–Trinajstić information content (AvgIpc) is 3.43. The molecule has 2 aromatic carbocycles. The monoisotopic (exact) mass is 534 g/mol. The normalized spacial score (nSPS) is 27.1. The summed E-state index contributed by atoms with van der Waals surface area (Å²) in [6.45, 7) is 3.74. The molecule has 2 atom stereocenters. The van der Waals surface area contributed by atoms with Crippen LogP contribution in [0.5, 0.6) is 0 Å². The Hall–Kier alpha value is -2.67. The molecule has 4 heterocycles. The van der Waals surface area contributed by atoms with Crippen molar-refractivity contribution in [3.63, 3.8) is 0 Å². The van der Waals surface area contributed by atoms with Gasteiger partial charge in [0.15, 0.2) is 11.4 Å². The number of carbonyl (C=O) groups excluding carboxylic acids is 1. The SMILES string of the molecule is O=C(NC1C[N+]2(Cc3cnc([C@](O)(c4ccccc4)C4CCCCC4)o3)CCC1CC2)c1ccc(Cl)cc1. The Labute approximate surface area is 229 Å². The zero-order valence-corrected chi connectivity index (χ0v) is 22.6. The second-order valence-corrected chi connectivity index (χ2v) is 12.1. The molecule has 0 radical (unpaired) electrons. The lowest BCUT2D eigenvalue weighted by Gasteiger charge is -2.52. The van der Waals surface area contributed by atoms with Crippen LogP contribution in [-0.4, -0.2) is 46.2 Å². The molecule has 1 amide bonds. The zero-order chi connectivity index (χ0) is 26.2. The van der Waals surface area contributed by atoms with Crippen LogP contribution in [0, 0.1) is 11.8 Å². The first-order valence-electron chi connectivity index (χ1n) is 14.1. The molecule has 1 unspecified atom stereocenters. The first-order valence-corrected chi connectivity index (χ1v) is 14.5. The van der Waals surface area contributed by atoms with Gasteiger partial charge in [0.25, 0.3) is 5.91 Å². The van der Waals surface area contributed by atoms with Crippen molar-refractivity contribution in [2.24, 2.45) is 11.8 Å². The van der Waals surface area contributed by atoms with Crippen LogP contribution in [0.3, 0.4) is 0 Å². The smallest absolute Gasteiger partial charge is 0.251 e. The number of aliphatic hydroxyl groups is 1. The molecule has 4 fully saturated rings. The lowest BCUT2D eigenvalue weighted by molar-refractivity contribution is -0.956. The van der Waals surface area contributed by atoms with E-state index < -0.39 is 5.60 Å². The van der Waals surface area contributed by atoms with E-state index in [-0.39, 0.29) is 17.9 Å². The maximum absolute atomic E-state index is 12.9. The fraction of sp³-hybridized carbons (Fsp3) is 0.484. The van der Waals surface area contributed by atoms with Crippen molar-refractivity contribution < 1.29 is 18.8 Å². The van der Waals surface area contributed by atoms with Crippen LogP contribution in [0.15, 0.2) is 65.2 Å². The van der Waals surface area contributed by atoms with Crippen LogP contribution >= 0.6 is 11.6 Å². The van der Waals surface area contributed by atoms with E-state index in [9.17, 15) is 9.90 Å². The summed E-state index contributed by atoms with van der Waals surface area (Å²) >= 11 is 6.00. The predicted octanol–water partition coefficient (Wildman–Crippen LogP) is 5.68. The molecule has 6 nitrogen and oxygen atoms in total. The Morgan fingerprint density at radius 2 is 1.74 bits per heavy atom. The molecule has 1 aromatic heterocycles. The lowest BCUT2D eigenvalue weighted by Crippen LogP contribution is -2.66. The van der Waals surface area contributed by atoms with E-state index >= 15 is 0 Å². The van der Waals surface area contributed by atoms with Crippen molar-refractivity contribution >= 4 is 17.5 Å². The third-order valence-corrected chi connectivity index (χ3v) is 9.56. The Morgan fingerprint density at radius 1 is 1.03 bits per heavy atom. The molecule has 1 aliphatic carbocycles. The third-order valence-electron chi connectivity index (χ3n) is 9.31. The van der Waals surface area contributed by atoms with Gasteiger partial charge in [0.05, 0.1) is 31.9 Å². The first kappa shape index (κ1) is 25.6. The number of quaternary nitrogens is 1. The van der Waals surface area contributed by atoms with E-state index in [1.54, 1.807) is 24.3 Å². The summed E-state index contributed by atoms with van der Waals surface area (Å²) in [5.74, 6) is 1.79. The summed E-state index contributed by atoms with van der Waals surface area (Å²) in [4.78, 5) is 17.6. The second-order valence-electron chi connectivity index (χ2n) is 11.7. The molecule has 3 saturated heterocycles. The number of benzene rings is 2. The fourth-order valence-electron chi connectivity index (χ4n) is 7.16. The molecule has 1 saturated carbocycles. The highest BCUT2D eigenvalue weighted by molar-refractivity contribution is 6.30. The maximum atomic E-state index is 12.9. The van der Waals surface area contributed by atoms with Crippen LogP contribution < -0.4 is 5.32 Å². The van der Waals surface area contributed by atoms with Gasteiger partial charge in [0.1, 0.15) is 6.54 Å². The Bertz CT molecular complexity index is 1250. The van der Waals surface area contributed by atoms with Gasteiger partial charge in [-0.1, -0.05) is 61.2 Å². The molecular formula is C31H37ClN3O3+. The Kier molecular flexibility index (Phi) is 7.06. The van der Waals surface area contributed by atoms with E-state index in [0.29, 0.717) is 22.4 Å². The van der Waals surface area contributed by atoms with E-state index in [4.69, 9.17) is 21.0 Å². The molecule has 2 bridgehead atoms. The summed E-state index contributed by atoms with van der Waals surface area (Å²) in [6.07, 6.45) is 9.40. The van der Waals surface area contributed by atoms with Crippen LogP contribution in [0.1, 0.15) is 72.5 Å². The van der Waals surface area contributed by atoms with E-state index in [1.165, 1.54) is 6.42 Å². The fourth-order valence-corrected chi connectivity index (χ4v) is 7.29. The van der Waals surface area contributed by atoms with Gasteiger partial charge in [0.2, 0.25) is 5.89 Å². The van der Waals surface area contributed by atoms with Gasteiger partial charge in [0, 0.05) is 29.3 Å². The van der Waals surface area contributed by atoms with Gasteiger partial charge in [-0.05, 0) is 48.6 Å². The van der Waals surface area contributed by atoms with E-state index in [2.05, 4.69) is 5.32 Å². The van der Waals surface area contributed by atoms with Gasteiger partial charge in [-0.3, -0.25) is 4.79 Å². The summed E-state index contributed by atoms with van der Waals surface area (Å²) in [5, 5.41) is 16.1. The highest BCUT2D eigenvalue weighted by atomic mass is 35.5. The average molecular weight is 535 g/mol. The van der Waals surface area contributed by atoms with Crippen molar-refractivity contribution in [3.8, 4) is 0 Å². The minimum Gasteiger partial charge on any atom is -0.436 e. The van der Waals surface area contributed by atoms with Crippen molar-refractivity contribution in [1.29, 1.82) is 0 Å². The maximum Gasteiger partial charge on any atom is 0.251 e. The number of nitrogens with one attached hydrogen (secondary N) is 1. The molecule has 3 aromatic rings. The minimum absolute atomic E-state index is 0.0408. The molecule has 0 spiro atoms. The second kappa shape index (κ2) is 10.5. The molecule has 38 heavy (non-hydrogen) atoms. The summed E-state index contributed by atoms with van der Waals surface area (Å²) in [6, 6.07) is 17.1. The first-order chi connectivity index (χ1) is 18.5. The standard InChI is InChI=1S/C31H36ClN3O3/c32-26-13-11-23(12-14-26)29(36)34-28-21-35(17-15-22(28)16-18-35)20-27-19-33-30(38-27)31(37,24-7-3-1-4-8-24)25-9-5-2-6-10-25/h1,3-4,7-8,11-14,19,22,25,28,37H,2,5-6,9-10,15-18,20-21H2/p+1/t22?,28?,31-,35?/m0/s1. The Balaban J connectivity index is 1.20. The van der Waals surface area contributed by atoms with Gasteiger partial charge >= 0.3 is 0 Å². The zero-order valence-electron chi connectivity index (χ0n) is 21.8. The molecule has 4 aliphatic rings. The highest BCUT2D eigenvalue weighted by Crippen LogP contribution is 2.44. The molecule has 200 valence electrons. The number of carbonyl (C=O) groups is 1. The third kappa shape index (κ3) is 4.90. The van der Waals surface area contributed by atoms with Gasteiger partial charge in [-0.25, -0.2) is 4.98 Å². The number of rotatable bonds is 7. The number of hydrogen-bond donors (Lipinski definition) is 2. The van der Waals surface area contributed by atoms with Crippen molar-refractivity contribution in [2.75, 3.05) is 19.6 Å². The number of fused-ring (bicyclic) bond motifs is 3. The molecular weight excluding hydrogens is 498 g/mol. The number of hydrogen-bond acceptors (Lipinski definition) is 4. The number of aromatic nitrogens is 1. The van der Waals surface area contributed by atoms with Gasteiger partial charge < -0.3 is 19.3 Å². The summed E-state index contributed by atoms with van der Waals surface area (Å²) in [7, 11) is 0. The topological polar surface area (TPSA) is 75.4 Å². The van der Waals surface area contributed by atoms with Crippen LogP contribution in [0.4, 0.5) is 0 Å². The van der Waals surface area contributed by atoms with Crippen LogP contribution in [0.25, 0.3) is 0 Å². The number of oxazole rings is 1. The number of nitrogens with zero attached hydrogens (tertiary/aromatic N) is 2.